The standard InChI is InChI=1S/C29H30FN3O4/c1-17(2)19-6-10-22(11-7-19)32-29(37)33-14-4-5-26(33)27(34)31-21-12-8-20(9-13-21)23-16-25(30)24(28(35)36)15-18(23)3/h6-13,15-17,26H,4-5,14H2,1-3H3,(H,31,34)(H,32,37)(H,35,36)/t26-/m1/s1. The zero-order valence-electron chi connectivity index (χ0n) is 21.0. The van der Waals surface area contributed by atoms with Crippen molar-refractivity contribution in [3.05, 3.63) is 83.2 Å². The van der Waals surface area contributed by atoms with Crippen LogP contribution in [0.15, 0.2) is 60.7 Å². The number of nitrogens with one attached hydrogen (secondary N) is 2. The number of carbonyl (C=O) groups is 3. The second kappa shape index (κ2) is 10.8. The highest BCUT2D eigenvalue weighted by Crippen LogP contribution is 2.28. The molecule has 1 fully saturated rings. The van der Waals surface area contributed by atoms with Crippen molar-refractivity contribution < 1.29 is 23.9 Å². The van der Waals surface area contributed by atoms with Crippen molar-refractivity contribution in [1.82, 2.24) is 4.90 Å². The van der Waals surface area contributed by atoms with E-state index in [9.17, 15) is 18.8 Å². The molecule has 1 saturated heterocycles. The zero-order chi connectivity index (χ0) is 26.7. The Balaban J connectivity index is 1.41. The maximum absolute atomic E-state index is 14.2. The molecule has 1 aliphatic rings. The van der Waals surface area contributed by atoms with Gasteiger partial charge in [0, 0.05) is 17.9 Å². The SMILES string of the molecule is Cc1cc(C(=O)O)c(F)cc1-c1ccc(NC(=O)[C@H]2CCCN2C(=O)Nc2ccc(C(C)C)cc2)cc1. The van der Waals surface area contributed by atoms with Gasteiger partial charge in [-0.2, -0.15) is 0 Å². The van der Waals surface area contributed by atoms with Crippen LogP contribution in [0.5, 0.6) is 0 Å². The molecule has 1 aliphatic heterocycles. The summed E-state index contributed by atoms with van der Waals surface area (Å²) in [6.45, 7) is 6.42. The van der Waals surface area contributed by atoms with Crippen LogP contribution in [-0.2, 0) is 4.79 Å². The van der Waals surface area contributed by atoms with Gasteiger partial charge in [0.1, 0.15) is 11.9 Å². The van der Waals surface area contributed by atoms with Crippen molar-refractivity contribution >= 4 is 29.3 Å². The average molecular weight is 504 g/mol. The average Bonchev–Trinajstić information content (AvgIpc) is 3.36. The number of urea groups is 1. The molecule has 37 heavy (non-hydrogen) atoms. The minimum atomic E-state index is -1.32. The lowest BCUT2D eigenvalue weighted by molar-refractivity contribution is -0.119. The molecule has 0 radical (unpaired) electrons. The Morgan fingerprint density at radius 1 is 0.973 bits per heavy atom. The summed E-state index contributed by atoms with van der Waals surface area (Å²) < 4.78 is 14.2. The quantitative estimate of drug-likeness (QED) is 0.370. The number of carboxylic acids is 1. The number of anilines is 2. The van der Waals surface area contributed by atoms with Crippen LogP contribution < -0.4 is 10.6 Å². The predicted molar refractivity (Wildman–Crippen MR) is 141 cm³/mol. The van der Waals surface area contributed by atoms with Crippen LogP contribution >= 0.6 is 0 Å². The molecule has 4 rings (SSSR count). The number of amides is 3. The van der Waals surface area contributed by atoms with Crippen molar-refractivity contribution in [3.63, 3.8) is 0 Å². The highest BCUT2D eigenvalue weighted by Gasteiger charge is 2.34. The number of halogens is 1. The molecule has 0 saturated carbocycles. The summed E-state index contributed by atoms with van der Waals surface area (Å²) in [5, 5.41) is 14.9. The van der Waals surface area contributed by atoms with E-state index in [0.717, 1.165) is 6.42 Å². The number of benzene rings is 3. The van der Waals surface area contributed by atoms with Crippen LogP contribution in [0.25, 0.3) is 11.1 Å². The number of aromatic carboxylic acids is 1. The summed E-state index contributed by atoms with van der Waals surface area (Å²) in [4.78, 5) is 38.6. The molecule has 192 valence electrons. The molecule has 0 unspecified atom stereocenters. The van der Waals surface area contributed by atoms with Crippen LogP contribution in [-0.4, -0.2) is 40.5 Å². The Kier molecular flexibility index (Phi) is 7.57. The third-order valence-corrected chi connectivity index (χ3v) is 6.65. The maximum Gasteiger partial charge on any atom is 0.338 e. The van der Waals surface area contributed by atoms with Gasteiger partial charge in [-0.25, -0.2) is 14.0 Å². The summed E-state index contributed by atoms with van der Waals surface area (Å²) in [6.07, 6.45) is 1.30. The predicted octanol–water partition coefficient (Wildman–Crippen LogP) is 6.26. The Labute approximate surface area is 215 Å². The van der Waals surface area contributed by atoms with E-state index in [-0.39, 0.29) is 17.5 Å². The largest absolute Gasteiger partial charge is 0.478 e. The van der Waals surface area contributed by atoms with Gasteiger partial charge in [-0.05, 0) is 84.3 Å². The summed E-state index contributed by atoms with van der Waals surface area (Å²) in [6, 6.07) is 16.2. The molecule has 1 atom stereocenters. The highest BCUT2D eigenvalue weighted by molar-refractivity contribution is 5.99. The maximum atomic E-state index is 14.2. The first-order valence-electron chi connectivity index (χ1n) is 12.3. The van der Waals surface area contributed by atoms with Crippen molar-refractivity contribution in [2.75, 3.05) is 17.2 Å². The smallest absolute Gasteiger partial charge is 0.338 e. The van der Waals surface area contributed by atoms with E-state index in [1.165, 1.54) is 17.7 Å². The van der Waals surface area contributed by atoms with Crippen LogP contribution in [0, 0.1) is 12.7 Å². The summed E-state index contributed by atoms with van der Waals surface area (Å²) in [5.74, 6) is -2.00. The second-order valence-corrected chi connectivity index (χ2v) is 9.58. The fourth-order valence-corrected chi connectivity index (χ4v) is 4.54. The van der Waals surface area contributed by atoms with Crippen LogP contribution in [0.3, 0.4) is 0 Å². The number of likely N-dealkylation sites (tertiary alicyclic amines) is 1. The van der Waals surface area contributed by atoms with Gasteiger partial charge in [0.2, 0.25) is 5.91 Å². The number of carboxylic acid groups (broad SMARTS) is 1. The minimum absolute atomic E-state index is 0.274. The first-order chi connectivity index (χ1) is 17.6. The normalized spacial score (nSPS) is 15.1. The van der Waals surface area contributed by atoms with Gasteiger partial charge in [0.05, 0.1) is 5.56 Å². The molecule has 0 aliphatic carbocycles. The zero-order valence-corrected chi connectivity index (χ0v) is 21.0. The number of hydrogen-bond donors (Lipinski definition) is 3. The molecular weight excluding hydrogens is 473 g/mol. The van der Waals surface area contributed by atoms with E-state index >= 15 is 0 Å². The number of nitrogens with zero attached hydrogens (tertiary/aromatic N) is 1. The van der Waals surface area contributed by atoms with Crippen LogP contribution in [0.2, 0.25) is 0 Å². The van der Waals surface area contributed by atoms with E-state index < -0.39 is 17.8 Å². The van der Waals surface area contributed by atoms with E-state index in [4.69, 9.17) is 5.11 Å². The van der Waals surface area contributed by atoms with E-state index in [1.54, 1.807) is 36.1 Å². The number of aryl methyl sites for hydroxylation is 1. The third-order valence-electron chi connectivity index (χ3n) is 6.65. The van der Waals surface area contributed by atoms with Gasteiger partial charge in [-0.3, -0.25) is 4.79 Å². The summed E-state index contributed by atoms with van der Waals surface area (Å²) in [7, 11) is 0. The lowest BCUT2D eigenvalue weighted by Gasteiger charge is -2.24. The first kappa shape index (κ1) is 25.9. The molecule has 0 aromatic heterocycles. The van der Waals surface area contributed by atoms with E-state index in [1.807, 2.05) is 24.3 Å². The van der Waals surface area contributed by atoms with Crippen molar-refractivity contribution in [2.45, 2.75) is 45.6 Å². The molecule has 0 bridgehead atoms. The minimum Gasteiger partial charge on any atom is -0.478 e. The van der Waals surface area contributed by atoms with Gasteiger partial charge in [0.25, 0.3) is 0 Å². The molecule has 7 nitrogen and oxygen atoms in total. The topological polar surface area (TPSA) is 98.7 Å². The van der Waals surface area contributed by atoms with Gasteiger partial charge in [0.15, 0.2) is 0 Å². The van der Waals surface area contributed by atoms with E-state index in [0.29, 0.717) is 46.9 Å². The molecule has 1 heterocycles. The third kappa shape index (κ3) is 5.80. The highest BCUT2D eigenvalue weighted by atomic mass is 19.1. The fourth-order valence-electron chi connectivity index (χ4n) is 4.54. The Bertz CT molecular complexity index is 1320. The van der Waals surface area contributed by atoms with E-state index in [2.05, 4.69) is 24.5 Å². The number of carbonyl (C=O) groups excluding carboxylic acids is 2. The van der Waals surface area contributed by atoms with Gasteiger partial charge < -0.3 is 20.6 Å². The lowest BCUT2D eigenvalue weighted by atomic mass is 9.97. The second-order valence-electron chi connectivity index (χ2n) is 9.58. The number of rotatable bonds is 6. The van der Waals surface area contributed by atoms with Crippen LogP contribution in [0.4, 0.5) is 20.6 Å². The molecule has 8 heteroatoms. The van der Waals surface area contributed by atoms with Gasteiger partial charge in [-0.1, -0.05) is 38.1 Å². The molecule has 3 amide bonds. The summed E-state index contributed by atoms with van der Waals surface area (Å²) in [5.41, 5.74) is 3.92. The molecule has 3 N–H and O–H groups in total. The molecule has 0 spiro atoms. The van der Waals surface area contributed by atoms with Crippen LogP contribution in [0.1, 0.15) is 54.1 Å². The van der Waals surface area contributed by atoms with Gasteiger partial charge in [-0.15, -0.1) is 0 Å². The molecule has 3 aromatic rings. The summed E-state index contributed by atoms with van der Waals surface area (Å²) >= 11 is 0. The molecular formula is C29H30FN3O4. The first-order valence-corrected chi connectivity index (χ1v) is 12.3. The fraction of sp³-hybridized carbons (Fsp3) is 0.276. The monoisotopic (exact) mass is 503 g/mol. The van der Waals surface area contributed by atoms with Crippen molar-refractivity contribution in [1.29, 1.82) is 0 Å². The lowest BCUT2D eigenvalue weighted by Crippen LogP contribution is -2.45. The van der Waals surface area contributed by atoms with Crippen molar-refractivity contribution in [3.8, 4) is 11.1 Å². The Morgan fingerprint density at radius 3 is 2.22 bits per heavy atom. The van der Waals surface area contributed by atoms with Gasteiger partial charge >= 0.3 is 12.0 Å². The molecule has 3 aromatic carbocycles. The van der Waals surface area contributed by atoms with Crippen molar-refractivity contribution in [2.24, 2.45) is 0 Å². The Morgan fingerprint density at radius 2 is 1.59 bits per heavy atom. The number of hydrogen-bond acceptors (Lipinski definition) is 3. The Hall–Kier alpha value is -4.20.